The molecule has 1 aliphatic heterocycles. The summed E-state index contributed by atoms with van der Waals surface area (Å²) in [7, 11) is 2.82. The van der Waals surface area contributed by atoms with Crippen LogP contribution in [-0.4, -0.2) is 51.1 Å². The maximum atomic E-state index is 12.3. The van der Waals surface area contributed by atoms with E-state index in [1.54, 1.807) is 17.0 Å². The molecule has 2 N–H and O–H groups in total. The van der Waals surface area contributed by atoms with Crippen molar-refractivity contribution < 1.29 is 23.9 Å². The number of para-hydroxylation sites is 1. The van der Waals surface area contributed by atoms with Crippen LogP contribution < -0.4 is 19.7 Å². The van der Waals surface area contributed by atoms with E-state index in [-0.39, 0.29) is 18.4 Å². The van der Waals surface area contributed by atoms with Crippen LogP contribution in [0.3, 0.4) is 0 Å². The summed E-state index contributed by atoms with van der Waals surface area (Å²) in [4.78, 5) is 39.5. The van der Waals surface area contributed by atoms with Crippen LogP contribution in [0, 0.1) is 0 Å². The molecule has 0 spiro atoms. The molecule has 2 aromatic rings. The first kappa shape index (κ1) is 23.4. The number of amides is 2. The lowest BCUT2D eigenvalue weighted by atomic mass is 10.2. The number of carbonyl (C=O) groups is 3. The second-order valence-corrected chi connectivity index (χ2v) is 9.16. The second kappa shape index (κ2) is 10.9. The maximum absolute atomic E-state index is 12.3. The smallest absolute Gasteiger partial charge is 0.325 e. The number of hydrogen-bond donors (Lipinski definition) is 2. The van der Waals surface area contributed by atoms with E-state index in [2.05, 4.69) is 10.0 Å². The number of anilines is 1. The number of esters is 1. The van der Waals surface area contributed by atoms with Gasteiger partial charge in [-0.1, -0.05) is 17.7 Å². The largest absolute Gasteiger partial charge is 0.493 e. The third-order valence-electron chi connectivity index (χ3n) is 4.59. The van der Waals surface area contributed by atoms with Gasteiger partial charge in [0, 0.05) is 19.5 Å². The summed E-state index contributed by atoms with van der Waals surface area (Å²) < 4.78 is 13.9. The van der Waals surface area contributed by atoms with E-state index in [1.165, 1.54) is 26.2 Å². The van der Waals surface area contributed by atoms with Gasteiger partial charge >= 0.3 is 5.97 Å². The van der Waals surface area contributed by atoms with E-state index in [0.717, 1.165) is 17.8 Å². The Morgan fingerprint density at radius 2 is 2.10 bits per heavy atom. The highest BCUT2D eigenvalue weighted by Crippen LogP contribution is 2.38. The Morgan fingerprint density at radius 3 is 2.71 bits per heavy atom. The minimum Gasteiger partial charge on any atom is -0.493 e. The van der Waals surface area contributed by atoms with Crippen LogP contribution in [0.5, 0.6) is 5.75 Å². The van der Waals surface area contributed by atoms with Gasteiger partial charge in [0.15, 0.2) is 5.75 Å². The van der Waals surface area contributed by atoms with Gasteiger partial charge in [-0.25, -0.2) is 4.72 Å². The van der Waals surface area contributed by atoms with Crippen molar-refractivity contribution in [2.24, 2.45) is 0 Å². The Balaban J connectivity index is 1.69. The van der Waals surface area contributed by atoms with Crippen LogP contribution in [0.15, 0.2) is 35.2 Å². The first-order valence-corrected chi connectivity index (χ1v) is 11.5. The molecule has 0 bridgehead atoms. The predicted molar refractivity (Wildman–Crippen MR) is 121 cm³/mol. The van der Waals surface area contributed by atoms with Crippen molar-refractivity contribution >= 4 is 58.4 Å². The van der Waals surface area contributed by atoms with Gasteiger partial charge in [0.05, 0.1) is 34.0 Å². The van der Waals surface area contributed by atoms with E-state index in [4.69, 9.17) is 21.1 Å². The molecular formula is C20H22ClN3O5S2. The molecule has 1 aliphatic rings. The van der Waals surface area contributed by atoms with Gasteiger partial charge in [-0.05, 0) is 42.6 Å². The van der Waals surface area contributed by atoms with Crippen LogP contribution >= 0.6 is 34.9 Å². The number of rotatable bonds is 9. The summed E-state index contributed by atoms with van der Waals surface area (Å²) in [5.74, 6) is -0.264. The number of nitrogens with zero attached hydrogens (tertiary/aromatic N) is 1. The van der Waals surface area contributed by atoms with Crippen molar-refractivity contribution in [3.63, 3.8) is 0 Å². The zero-order chi connectivity index (χ0) is 22.4. The topological polar surface area (TPSA) is 97.0 Å². The lowest BCUT2D eigenvalue weighted by molar-refractivity contribution is -0.142. The number of methoxy groups -OCH3 is 2. The van der Waals surface area contributed by atoms with Gasteiger partial charge in [-0.2, -0.15) is 0 Å². The van der Waals surface area contributed by atoms with Gasteiger partial charge < -0.3 is 19.7 Å². The Hall–Kier alpha value is -2.27. The van der Waals surface area contributed by atoms with Crippen LogP contribution in [0.1, 0.15) is 22.5 Å². The molecule has 0 radical (unpaired) electrons. The molecule has 1 aromatic carbocycles. The first-order valence-electron chi connectivity index (χ1n) is 9.45. The Labute approximate surface area is 193 Å². The lowest BCUT2D eigenvalue weighted by Crippen LogP contribution is -2.44. The summed E-state index contributed by atoms with van der Waals surface area (Å²) in [5, 5.41) is 2.71. The molecular weight excluding hydrogens is 462 g/mol. The normalized spacial score (nSPS) is 14.4. The molecule has 0 saturated carbocycles. The van der Waals surface area contributed by atoms with Gasteiger partial charge in [0.2, 0.25) is 5.91 Å². The van der Waals surface area contributed by atoms with E-state index in [1.807, 2.05) is 18.2 Å². The van der Waals surface area contributed by atoms with Crippen molar-refractivity contribution in [1.29, 1.82) is 0 Å². The van der Waals surface area contributed by atoms with Crippen LogP contribution in [0.25, 0.3) is 0 Å². The number of ether oxygens (including phenoxy) is 2. The minimum atomic E-state index is -0.809. The van der Waals surface area contributed by atoms with Crippen molar-refractivity contribution in [3.8, 4) is 5.75 Å². The molecule has 3 rings (SSSR count). The van der Waals surface area contributed by atoms with E-state index >= 15 is 0 Å². The van der Waals surface area contributed by atoms with E-state index in [0.29, 0.717) is 38.5 Å². The number of carbonyl (C=O) groups excluding carboxylic acids is 3. The van der Waals surface area contributed by atoms with Gasteiger partial charge in [0.25, 0.3) is 5.91 Å². The maximum Gasteiger partial charge on any atom is 0.325 e. The number of thiophene rings is 1. The average Bonchev–Trinajstić information content (AvgIpc) is 3.40. The highest BCUT2D eigenvalue weighted by Gasteiger charge is 2.27. The van der Waals surface area contributed by atoms with Crippen molar-refractivity contribution in [3.05, 3.63) is 39.5 Å². The first-order chi connectivity index (χ1) is 14.9. The Morgan fingerprint density at radius 1 is 1.29 bits per heavy atom. The fourth-order valence-corrected chi connectivity index (χ4v) is 4.91. The standard InChI is InChI=1S/C20H22ClN3O5S2/c1-28-18-13(24-10-4-7-17(24)25)5-3-6-14(18)31-23-12(20(27)29-2)11-22-19(26)15-8-9-16(21)30-15/h3,5-6,8-9,12,23H,4,7,10-11H2,1-2H3,(H,22,26)/t12-/m0/s1. The predicted octanol–water partition coefficient (Wildman–Crippen LogP) is 3.11. The summed E-state index contributed by atoms with van der Waals surface area (Å²) in [6.45, 7) is 0.654. The molecule has 1 fully saturated rings. The Kier molecular flexibility index (Phi) is 8.19. The van der Waals surface area contributed by atoms with Crippen LogP contribution in [-0.2, 0) is 14.3 Å². The van der Waals surface area contributed by atoms with Crippen molar-refractivity contribution in [1.82, 2.24) is 10.0 Å². The zero-order valence-electron chi connectivity index (χ0n) is 17.0. The average molecular weight is 484 g/mol. The SMILES string of the molecule is COC(=O)[C@H](CNC(=O)c1ccc(Cl)s1)NSc1cccc(N2CCCC2=O)c1OC. The molecule has 1 aromatic heterocycles. The molecule has 11 heteroatoms. The third kappa shape index (κ3) is 5.70. The molecule has 166 valence electrons. The molecule has 8 nitrogen and oxygen atoms in total. The molecule has 2 heterocycles. The minimum absolute atomic E-state index is 0.0145. The quantitative estimate of drug-likeness (QED) is 0.418. The Bertz CT molecular complexity index is 968. The van der Waals surface area contributed by atoms with Crippen LogP contribution in [0.4, 0.5) is 5.69 Å². The van der Waals surface area contributed by atoms with Gasteiger partial charge in [-0.3, -0.25) is 14.4 Å². The number of halogens is 1. The molecule has 2 amide bonds. The second-order valence-electron chi connectivity index (χ2n) is 6.57. The molecule has 1 saturated heterocycles. The highest BCUT2D eigenvalue weighted by molar-refractivity contribution is 7.97. The number of benzene rings is 1. The van der Waals surface area contributed by atoms with E-state index < -0.39 is 12.0 Å². The van der Waals surface area contributed by atoms with Crippen molar-refractivity contribution in [2.75, 3.05) is 32.2 Å². The number of hydrogen-bond acceptors (Lipinski definition) is 8. The summed E-state index contributed by atoms with van der Waals surface area (Å²) in [6, 6.07) is 7.92. The van der Waals surface area contributed by atoms with Crippen LogP contribution in [0.2, 0.25) is 4.34 Å². The van der Waals surface area contributed by atoms with Gasteiger partial charge in [-0.15, -0.1) is 11.3 Å². The summed E-state index contributed by atoms with van der Waals surface area (Å²) in [5.41, 5.74) is 0.689. The van der Waals surface area contributed by atoms with E-state index in [9.17, 15) is 14.4 Å². The molecule has 31 heavy (non-hydrogen) atoms. The molecule has 0 aliphatic carbocycles. The fraction of sp³-hybridized carbons (Fsp3) is 0.350. The van der Waals surface area contributed by atoms with Gasteiger partial charge in [0.1, 0.15) is 6.04 Å². The molecule has 1 atom stereocenters. The lowest BCUT2D eigenvalue weighted by Gasteiger charge is -2.22. The molecule has 0 unspecified atom stereocenters. The fourth-order valence-electron chi connectivity index (χ4n) is 3.07. The van der Waals surface area contributed by atoms with Crippen molar-refractivity contribution in [2.45, 2.75) is 23.8 Å². The third-order valence-corrected chi connectivity index (χ3v) is 6.76. The monoisotopic (exact) mass is 483 g/mol. The number of nitrogens with one attached hydrogen (secondary N) is 2. The summed E-state index contributed by atoms with van der Waals surface area (Å²) >= 11 is 8.19. The highest BCUT2D eigenvalue weighted by atomic mass is 35.5. The zero-order valence-corrected chi connectivity index (χ0v) is 19.4. The summed E-state index contributed by atoms with van der Waals surface area (Å²) in [6.07, 6.45) is 1.31.